The van der Waals surface area contributed by atoms with E-state index < -0.39 is 0 Å². The molecule has 2 fully saturated rings. The molecule has 0 saturated carbocycles. The smallest absolute Gasteiger partial charge is 0.227 e. The summed E-state index contributed by atoms with van der Waals surface area (Å²) in [6.45, 7) is 8.44. The molecule has 0 aromatic rings. The van der Waals surface area contributed by atoms with E-state index in [1.54, 1.807) is 0 Å². The first-order valence-electron chi connectivity index (χ1n) is 6.83. The van der Waals surface area contributed by atoms with E-state index in [-0.39, 0.29) is 12.0 Å². The maximum Gasteiger partial charge on any atom is 0.227 e. The van der Waals surface area contributed by atoms with Crippen LogP contribution in [0.5, 0.6) is 0 Å². The topological polar surface area (TPSA) is 41.6 Å². The van der Waals surface area contributed by atoms with Gasteiger partial charge in [-0.25, -0.2) is 0 Å². The van der Waals surface area contributed by atoms with E-state index in [0.29, 0.717) is 11.8 Å². The second kappa shape index (κ2) is 5.83. The lowest BCUT2D eigenvalue weighted by atomic mass is 9.96. The lowest BCUT2D eigenvalue weighted by molar-refractivity contribution is -0.137. The van der Waals surface area contributed by atoms with Gasteiger partial charge in [-0.2, -0.15) is 0 Å². The van der Waals surface area contributed by atoms with Crippen molar-refractivity contribution in [2.45, 2.75) is 32.8 Å². The average molecular weight is 240 g/mol. The van der Waals surface area contributed by atoms with Crippen molar-refractivity contribution < 1.29 is 9.53 Å². The highest BCUT2D eigenvalue weighted by atomic mass is 16.5. The van der Waals surface area contributed by atoms with Gasteiger partial charge in [0.25, 0.3) is 0 Å². The predicted molar refractivity (Wildman–Crippen MR) is 66.8 cm³/mol. The van der Waals surface area contributed by atoms with Crippen LogP contribution in [0.25, 0.3) is 0 Å². The van der Waals surface area contributed by atoms with Gasteiger partial charge in [0.1, 0.15) is 0 Å². The third kappa shape index (κ3) is 2.99. The second-order valence-corrected chi connectivity index (χ2v) is 5.25. The number of nitrogens with one attached hydrogen (secondary N) is 1. The third-order valence-corrected chi connectivity index (χ3v) is 3.98. The second-order valence-electron chi connectivity index (χ2n) is 5.25. The summed E-state index contributed by atoms with van der Waals surface area (Å²) >= 11 is 0. The van der Waals surface area contributed by atoms with Crippen LogP contribution in [0.2, 0.25) is 0 Å². The van der Waals surface area contributed by atoms with E-state index in [0.717, 1.165) is 45.6 Å². The highest BCUT2D eigenvalue weighted by molar-refractivity contribution is 5.79. The maximum atomic E-state index is 12.4. The molecular formula is C13H24N2O2. The lowest BCUT2D eigenvalue weighted by Crippen LogP contribution is -2.42. The normalized spacial score (nSPS) is 32.9. The van der Waals surface area contributed by atoms with Gasteiger partial charge in [-0.3, -0.25) is 4.79 Å². The van der Waals surface area contributed by atoms with Gasteiger partial charge < -0.3 is 15.0 Å². The number of rotatable bonds is 4. The fourth-order valence-corrected chi connectivity index (χ4v) is 2.78. The van der Waals surface area contributed by atoms with Crippen LogP contribution < -0.4 is 5.32 Å². The Morgan fingerprint density at radius 1 is 1.47 bits per heavy atom. The number of likely N-dealkylation sites (N-methyl/N-ethyl adjacent to an activating group) is 1. The van der Waals surface area contributed by atoms with Crippen LogP contribution >= 0.6 is 0 Å². The zero-order valence-corrected chi connectivity index (χ0v) is 10.9. The van der Waals surface area contributed by atoms with Crippen molar-refractivity contribution in [1.29, 1.82) is 0 Å². The Morgan fingerprint density at radius 3 is 2.82 bits per heavy atom. The quantitative estimate of drug-likeness (QED) is 0.793. The van der Waals surface area contributed by atoms with Crippen molar-refractivity contribution in [3.8, 4) is 0 Å². The Morgan fingerprint density at radius 2 is 2.29 bits per heavy atom. The Bertz CT molecular complexity index is 264. The van der Waals surface area contributed by atoms with Crippen molar-refractivity contribution in [3.63, 3.8) is 0 Å². The number of nitrogens with zero attached hydrogens (tertiary/aromatic N) is 1. The average Bonchev–Trinajstić information content (AvgIpc) is 2.96. The van der Waals surface area contributed by atoms with Crippen molar-refractivity contribution in [2.75, 3.05) is 32.8 Å². The zero-order chi connectivity index (χ0) is 12.3. The van der Waals surface area contributed by atoms with E-state index in [1.807, 2.05) is 4.90 Å². The van der Waals surface area contributed by atoms with Crippen LogP contribution in [0.3, 0.4) is 0 Å². The molecule has 2 aliphatic rings. The maximum absolute atomic E-state index is 12.4. The summed E-state index contributed by atoms with van der Waals surface area (Å²) in [6, 6.07) is 0. The van der Waals surface area contributed by atoms with Crippen molar-refractivity contribution in [1.82, 2.24) is 10.2 Å². The van der Waals surface area contributed by atoms with E-state index in [4.69, 9.17) is 4.74 Å². The van der Waals surface area contributed by atoms with Crippen molar-refractivity contribution in [3.05, 3.63) is 0 Å². The highest BCUT2D eigenvalue weighted by Crippen LogP contribution is 2.20. The minimum atomic E-state index is 0.163. The summed E-state index contributed by atoms with van der Waals surface area (Å²) in [4.78, 5) is 14.4. The zero-order valence-electron chi connectivity index (χ0n) is 10.9. The number of hydrogen-bond acceptors (Lipinski definition) is 3. The van der Waals surface area contributed by atoms with Gasteiger partial charge in [0.2, 0.25) is 5.91 Å². The van der Waals surface area contributed by atoms with E-state index >= 15 is 0 Å². The SMILES string of the molecule is CCN(CC1CCCO1)C(=O)[C@@H]1CNC[C@H]1C. The molecular weight excluding hydrogens is 216 g/mol. The summed E-state index contributed by atoms with van der Waals surface area (Å²) in [6.07, 6.45) is 2.50. The molecule has 0 bridgehead atoms. The fraction of sp³-hybridized carbons (Fsp3) is 0.923. The third-order valence-electron chi connectivity index (χ3n) is 3.98. The molecule has 0 aliphatic carbocycles. The largest absolute Gasteiger partial charge is 0.376 e. The van der Waals surface area contributed by atoms with Crippen LogP contribution in [0.4, 0.5) is 0 Å². The Balaban J connectivity index is 1.89. The molecule has 1 amide bonds. The molecule has 2 heterocycles. The molecule has 2 rings (SSSR count). The Hall–Kier alpha value is -0.610. The number of amides is 1. The standard InChI is InChI=1S/C13H24N2O2/c1-3-15(9-11-5-4-6-17-11)13(16)12-8-14-7-10(12)2/h10-12,14H,3-9H2,1-2H3/t10-,11?,12-/m1/s1. The number of ether oxygens (including phenoxy) is 1. The minimum absolute atomic E-state index is 0.163. The molecule has 4 heteroatoms. The van der Waals surface area contributed by atoms with E-state index in [9.17, 15) is 4.79 Å². The Kier molecular flexibility index (Phi) is 4.40. The van der Waals surface area contributed by atoms with Gasteiger partial charge in [0.15, 0.2) is 0 Å². The summed E-state index contributed by atoms with van der Waals surface area (Å²) in [7, 11) is 0. The molecule has 2 aliphatic heterocycles. The molecule has 98 valence electrons. The first-order valence-corrected chi connectivity index (χ1v) is 6.83. The molecule has 0 radical (unpaired) electrons. The molecule has 3 atom stereocenters. The van der Waals surface area contributed by atoms with Gasteiger partial charge in [0.05, 0.1) is 12.0 Å². The van der Waals surface area contributed by atoms with Crippen molar-refractivity contribution >= 4 is 5.91 Å². The monoisotopic (exact) mass is 240 g/mol. The molecule has 0 aromatic carbocycles. The number of hydrogen-bond donors (Lipinski definition) is 1. The van der Waals surface area contributed by atoms with Crippen LogP contribution in [0, 0.1) is 11.8 Å². The molecule has 0 aromatic heterocycles. The number of carbonyl (C=O) groups is 1. The minimum Gasteiger partial charge on any atom is -0.376 e. The van der Waals surface area contributed by atoms with Gasteiger partial charge in [-0.1, -0.05) is 6.92 Å². The van der Waals surface area contributed by atoms with Crippen LogP contribution in [0.1, 0.15) is 26.7 Å². The van der Waals surface area contributed by atoms with Crippen LogP contribution in [0.15, 0.2) is 0 Å². The lowest BCUT2D eigenvalue weighted by Gasteiger charge is -2.27. The fourth-order valence-electron chi connectivity index (χ4n) is 2.78. The van der Waals surface area contributed by atoms with Gasteiger partial charge in [-0.15, -0.1) is 0 Å². The molecule has 2 saturated heterocycles. The molecule has 17 heavy (non-hydrogen) atoms. The Labute approximate surface area is 104 Å². The predicted octanol–water partition coefficient (Wildman–Crippen LogP) is 0.869. The summed E-state index contributed by atoms with van der Waals surface area (Å²) in [5, 5.41) is 3.30. The summed E-state index contributed by atoms with van der Waals surface area (Å²) < 4.78 is 5.62. The van der Waals surface area contributed by atoms with Gasteiger partial charge >= 0.3 is 0 Å². The number of carbonyl (C=O) groups excluding carboxylic acids is 1. The first kappa shape index (κ1) is 12.8. The van der Waals surface area contributed by atoms with Crippen LogP contribution in [-0.2, 0) is 9.53 Å². The van der Waals surface area contributed by atoms with E-state index in [1.165, 1.54) is 0 Å². The molecule has 1 N–H and O–H groups in total. The first-order chi connectivity index (χ1) is 8.22. The molecule has 0 spiro atoms. The molecule has 4 nitrogen and oxygen atoms in total. The highest BCUT2D eigenvalue weighted by Gasteiger charge is 2.33. The summed E-state index contributed by atoms with van der Waals surface area (Å²) in [5.41, 5.74) is 0. The van der Waals surface area contributed by atoms with Gasteiger partial charge in [-0.05, 0) is 32.2 Å². The molecule has 1 unspecified atom stereocenters. The van der Waals surface area contributed by atoms with Crippen molar-refractivity contribution in [2.24, 2.45) is 11.8 Å². The van der Waals surface area contributed by atoms with E-state index in [2.05, 4.69) is 19.2 Å². The van der Waals surface area contributed by atoms with Gasteiger partial charge in [0, 0.05) is 26.2 Å². The van der Waals surface area contributed by atoms with Crippen LogP contribution in [-0.4, -0.2) is 49.7 Å². The summed E-state index contributed by atoms with van der Waals surface area (Å²) in [5.74, 6) is 0.929.